The van der Waals surface area contributed by atoms with Gasteiger partial charge in [0.05, 0.1) is 6.61 Å². The zero-order chi connectivity index (χ0) is 13.5. The van der Waals surface area contributed by atoms with Crippen LogP contribution >= 0.6 is 11.8 Å². The molecule has 0 bridgehead atoms. The van der Waals surface area contributed by atoms with Gasteiger partial charge in [0.1, 0.15) is 5.75 Å². The molecular formula is C16H19NOS. The van der Waals surface area contributed by atoms with Gasteiger partial charge < -0.3 is 10.5 Å². The summed E-state index contributed by atoms with van der Waals surface area (Å²) in [5, 5.41) is 0. The van der Waals surface area contributed by atoms with E-state index >= 15 is 0 Å². The Bertz CT molecular complexity index is 510. The molecular weight excluding hydrogens is 254 g/mol. The Morgan fingerprint density at radius 2 is 1.79 bits per heavy atom. The molecule has 100 valence electrons. The first-order valence-corrected chi connectivity index (χ1v) is 7.62. The van der Waals surface area contributed by atoms with Gasteiger partial charge in [0.25, 0.3) is 0 Å². The van der Waals surface area contributed by atoms with E-state index in [1.807, 2.05) is 30.3 Å². The van der Waals surface area contributed by atoms with Crippen LogP contribution in [0.5, 0.6) is 5.75 Å². The van der Waals surface area contributed by atoms with Gasteiger partial charge in [-0.15, -0.1) is 11.8 Å². The Kier molecular flexibility index (Phi) is 5.16. The molecule has 0 aliphatic rings. The molecule has 2 nitrogen and oxygen atoms in total. The zero-order valence-electron chi connectivity index (χ0n) is 11.1. The van der Waals surface area contributed by atoms with E-state index in [-0.39, 0.29) is 0 Å². The molecule has 0 heterocycles. The molecule has 0 unspecified atom stereocenters. The molecule has 0 saturated heterocycles. The molecule has 0 atom stereocenters. The van der Waals surface area contributed by atoms with E-state index in [0.717, 1.165) is 30.9 Å². The molecule has 0 spiro atoms. The highest BCUT2D eigenvalue weighted by atomic mass is 32.2. The first-order chi connectivity index (χ1) is 9.29. The minimum atomic E-state index is 0.738. The standard InChI is InChI=1S/C16H19NOS/c1-19-16-7-3-2-6-15(16)18-12-4-5-13-8-10-14(17)11-9-13/h2-3,6-11H,4-5,12,17H2,1H3. The van der Waals surface area contributed by atoms with Gasteiger partial charge in [0, 0.05) is 10.6 Å². The number of para-hydroxylation sites is 1. The van der Waals surface area contributed by atoms with Crippen molar-refractivity contribution in [1.82, 2.24) is 0 Å². The fourth-order valence-corrected chi connectivity index (χ4v) is 2.42. The third-order valence-corrected chi connectivity index (χ3v) is 3.69. The van der Waals surface area contributed by atoms with Crippen LogP contribution in [0.2, 0.25) is 0 Å². The first-order valence-electron chi connectivity index (χ1n) is 6.40. The number of hydrogen-bond acceptors (Lipinski definition) is 3. The van der Waals surface area contributed by atoms with E-state index in [4.69, 9.17) is 10.5 Å². The summed E-state index contributed by atoms with van der Waals surface area (Å²) in [6.45, 7) is 0.738. The minimum absolute atomic E-state index is 0.738. The fraction of sp³-hybridized carbons (Fsp3) is 0.250. The number of rotatable bonds is 6. The van der Waals surface area contributed by atoms with Crippen molar-refractivity contribution in [2.45, 2.75) is 17.7 Å². The second-order valence-corrected chi connectivity index (χ2v) is 5.19. The molecule has 0 radical (unpaired) electrons. The Hall–Kier alpha value is -1.61. The quantitative estimate of drug-likeness (QED) is 0.491. The minimum Gasteiger partial charge on any atom is -0.492 e. The molecule has 0 amide bonds. The summed E-state index contributed by atoms with van der Waals surface area (Å²) in [4.78, 5) is 1.19. The molecule has 2 aromatic carbocycles. The van der Waals surface area contributed by atoms with Crippen molar-refractivity contribution in [3.05, 3.63) is 54.1 Å². The number of thioether (sulfide) groups is 1. The molecule has 3 heteroatoms. The van der Waals surface area contributed by atoms with Crippen molar-refractivity contribution in [2.75, 3.05) is 18.6 Å². The van der Waals surface area contributed by atoms with Crippen molar-refractivity contribution >= 4 is 17.4 Å². The molecule has 0 aliphatic heterocycles. The smallest absolute Gasteiger partial charge is 0.132 e. The SMILES string of the molecule is CSc1ccccc1OCCCc1ccc(N)cc1. The molecule has 0 aromatic heterocycles. The van der Waals surface area contributed by atoms with Crippen molar-refractivity contribution in [1.29, 1.82) is 0 Å². The Morgan fingerprint density at radius 1 is 1.05 bits per heavy atom. The first kappa shape index (κ1) is 13.8. The van der Waals surface area contributed by atoms with Crippen LogP contribution in [0.4, 0.5) is 5.69 Å². The van der Waals surface area contributed by atoms with Gasteiger partial charge in [-0.05, 0) is 48.9 Å². The predicted molar refractivity (Wildman–Crippen MR) is 82.9 cm³/mol. The highest BCUT2D eigenvalue weighted by Crippen LogP contribution is 2.26. The number of nitrogen functional groups attached to an aromatic ring is 1. The molecule has 0 saturated carbocycles. The topological polar surface area (TPSA) is 35.2 Å². The maximum atomic E-state index is 5.83. The number of hydrogen-bond donors (Lipinski definition) is 1. The van der Waals surface area contributed by atoms with Gasteiger partial charge in [0.15, 0.2) is 0 Å². The van der Waals surface area contributed by atoms with E-state index in [2.05, 4.69) is 24.5 Å². The van der Waals surface area contributed by atoms with Gasteiger partial charge in [-0.2, -0.15) is 0 Å². The molecule has 0 fully saturated rings. The number of anilines is 1. The summed E-state index contributed by atoms with van der Waals surface area (Å²) in [6, 6.07) is 16.2. The highest BCUT2D eigenvalue weighted by Gasteiger charge is 2.01. The summed E-state index contributed by atoms with van der Waals surface area (Å²) in [5.74, 6) is 0.979. The van der Waals surface area contributed by atoms with Crippen LogP contribution in [0, 0.1) is 0 Å². The van der Waals surface area contributed by atoms with Crippen LogP contribution < -0.4 is 10.5 Å². The van der Waals surface area contributed by atoms with Gasteiger partial charge in [-0.1, -0.05) is 24.3 Å². The third kappa shape index (κ3) is 4.21. The molecule has 19 heavy (non-hydrogen) atoms. The van der Waals surface area contributed by atoms with E-state index < -0.39 is 0 Å². The van der Waals surface area contributed by atoms with E-state index in [9.17, 15) is 0 Å². The fourth-order valence-electron chi connectivity index (χ4n) is 1.88. The molecule has 0 aliphatic carbocycles. The van der Waals surface area contributed by atoms with E-state index in [1.165, 1.54) is 10.5 Å². The zero-order valence-corrected chi connectivity index (χ0v) is 12.0. The van der Waals surface area contributed by atoms with Crippen molar-refractivity contribution < 1.29 is 4.74 Å². The monoisotopic (exact) mass is 273 g/mol. The summed E-state index contributed by atoms with van der Waals surface area (Å²) in [6.07, 6.45) is 4.09. The van der Waals surface area contributed by atoms with E-state index in [1.54, 1.807) is 11.8 Å². The number of ether oxygens (including phenoxy) is 1. The maximum Gasteiger partial charge on any atom is 0.132 e. The lowest BCUT2D eigenvalue weighted by Crippen LogP contribution is -2.00. The normalized spacial score (nSPS) is 10.4. The Balaban J connectivity index is 1.79. The van der Waals surface area contributed by atoms with Crippen LogP contribution in [0.3, 0.4) is 0 Å². The summed E-state index contributed by atoms with van der Waals surface area (Å²) in [5.41, 5.74) is 7.78. The largest absolute Gasteiger partial charge is 0.492 e. The molecule has 2 N–H and O–H groups in total. The number of benzene rings is 2. The molecule has 2 aromatic rings. The van der Waals surface area contributed by atoms with Crippen LogP contribution in [-0.4, -0.2) is 12.9 Å². The van der Waals surface area contributed by atoms with Gasteiger partial charge in [0.2, 0.25) is 0 Å². The van der Waals surface area contributed by atoms with Crippen molar-refractivity contribution in [3.8, 4) is 5.75 Å². The van der Waals surface area contributed by atoms with Crippen LogP contribution in [0.1, 0.15) is 12.0 Å². The predicted octanol–water partition coefficient (Wildman–Crippen LogP) is 4.00. The highest BCUT2D eigenvalue weighted by molar-refractivity contribution is 7.98. The van der Waals surface area contributed by atoms with Crippen molar-refractivity contribution in [2.24, 2.45) is 0 Å². The van der Waals surface area contributed by atoms with Gasteiger partial charge >= 0.3 is 0 Å². The number of nitrogens with two attached hydrogens (primary N) is 1. The lowest BCUT2D eigenvalue weighted by atomic mass is 10.1. The van der Waals surface area contributed by atoms with Crippen LogP contribution in [-0.2, 0) is 6.42 Å². The van der Waals surface area contributed by atoms with Gasteiger partial charge in [-0.25, -0.2) is 0 Å². The second-order valence-electron chi connectivity index (χ2n) is 4.34. The third-order valence-electron chi connectivity index (χ3n) is 2.92. The van der Waals surface area contributed by atoms with E-state index in [0.29, 0.717) is 0 Å². The van der Waals surface area contributed by atoms with Crippen LogP contribution in [0.25, 0.3) is 0 Å². The lowest BCUT2D eigenvalue weighted by molar-refractivity contribution is 0.304. The summed E-state index contributed by atoms with van der Waals surface area (Å²) in [7, 11) is 0. The average Bonchev–Trinajstić information content (AvgIpc) is 2.46. The second kappa shape index (κ2) is 7.10. The van der Waals surface area contributed by atoms with Gasteiger partial charge in [-0.3, -0.25) is 0 Å². The maximum absolute atomic E-state index is 5.83. The Labute approximate surface area is 119 Å². The molecule has 2 rings (SSSR count). The van der Waals surface area contributed by atoms with Crippen LogP contribution in [0.15, 0.2) is 53.4 Å². The average molecular weight is 273 g/mol. The summed E-state index contributed by atoms with van der Waals surface area (Å²) < 4.78 is 5.83. The van der Waals surface area contributed by atoms with Crippen molar-refractivity contribution in [3.63, 3.8) is 0 Å². The Morgan fingerprint density at radius 3 is 2.53 bits per heavy atom. The summed E-state index contributed by atoms with van der Waals surface area (Å²) >= 11 is 1.71. The lowest BCUT2D eigenvalue weighted by Gasteiger charge is -2.09. The number of aryl methyl sites for hydroxylation is 1.